The van der Waals surface area contributed by atoms with Crippen molar-refractivity contribution < 1.29 is 8.42 Å². The molecule has 1 aliphatic rings. The third-order valence-corrected chi connectivity index (χ3v) is 8.54. The molecule has 0 radical (unpaired) electrons. The molecule has 0 spiro atoms. The van der Waals surface area contributed by atoms with E-state index in [1.807, 2.05) is 27.4 Å². The van der Waals surface area contributed by atoms with Gasteiger partial charge in [-0.25, -0.2) is 22.2 Å². The number of nitrogens with zero attached hydrogens (tertiary/aromatic N) is 6. The molecule has 3 aromatic heterocycles. The Labute approximate surface area is 215 Å². The molecule has 0 aliphatic carbocycles. The van der Waals surface area contributed by atoms with Gasteiger partial charge in [-0.05, 0) is 42.5 Å². The smallest absolute Gasteiger partial charge is 0.211 e. The Hall–Kier alpha value is -3.76. The van der Waals surface area contributed by atoms with Gasteiger partial charge in [0.15, 0.2) is 5.82 Å². The van der Waals surface area contributed by atoms with Crippen LogP contribution in [0.1, 0.15) is 36.4 Å². The first-order valence-corrected chi connectivity index (χ1v) is 14.3. The lowest BCUT2D eigenvalue weighted by atomic mass is 9.96. The molecule has 1 fully saturated rings. The lowest BCUT2D eigenvalue weighted by Gasteiger charge is -2.17. The van der Waals surface area contributed by atoms with Crippen LogP contribution < -0.4 is 5.73 Å². The average molecular weight is 516 g/mol. The van der Waals surface area contributed by atoms with Crippen LogP contribution in [-0.4, -0.2) is 56.4 Å². The maximum atomic E-state index is 12.1. The molecule has 0 amide bonds. The fraction of sp³-hybridized carbons (Fsp3) is 0.296. The van der Waals surface area contributed by atoms with E-state index < -0.39 is 10.0 Å². The molecule has 2 N–H and O–H groups in total. The number of hydrogen-bond donors (Lipinski definition) is 1. The molecule has 37 heavy (non-hydrogen) atoms. The zero-order chi connectivity index (χ0) is 25.6. The summed E-state index contributed by atoms with van der Waals surface area (Å²) in [6.45, 7) is 1.75. The van der Waals surface area contributed by atoms with Crippen LogP contribution in [0.3, 0.4) is 0 Å². The Balaban J connectivity index is 1.38. The summed E-state index contributed by atoms with van der Waals surface area (Å²) in [5.74, 6) is 0.577. The summed E-state index contributed by atoms with van der Waals surface area (Å²) < 4.78 is 29.7. The predicted molar refractivity (Wildman–Crippen MR) is 145 cm³/mol. The van der Waals surface area contributed by atoms with Crippen molar-refractivity contribution in [3.05, 3.63) is 78.4 Å². The Bertz CT molecular complexity index is 1690. The van der Waals surface area contributed by atoms with E-state index >= 15 is 0 Å². The van der Waals surface area contributed by atoms with E-state index in [4.69, 9.17) is 10.8 Å². The van der Waals surface area contributed by atoms with Crippen molar-refractivity contribution in [2.24, 2.45) is 0 Å². The summed E-state index contributed by atoms with van der Waals surface area (Å²) in [5.41, 5.74) is 12.2. The average Bonchev–Trinajstić information content (AvgIpc) is 3.36. The Kier molecular flexibility index (Phi) is 5.92. The van der Waals surface area contributed by atoms with Crippen molar-refractivity contribution in [1.29, 1.82) is 0 Å². The number of benzene rings is 2. The molecule has 10 heteroatoms. The second-order valence-corrected chi connectivity index (χ2v) is 11.7. The van der Waals surface area contributed by atoms with Gasteiger partial charge in [-0.2, -0.15) is 10.2 Å². The molecular formula is C27H29N7O2S. The zero-order valence-corrected chi connectivity index (χ0v) is 21.5. The summed E-state index contributed by atoms with van der Waals surface area (Å²) in [5, 5.41) is 10.4. The molecule has 1 atom stereocenters. The first-order chi connectivity index (χ1) is 17.9. The summed E-state index contributed by atoms with van der Waals surface area (Å²) >= 11 is 0. The molecular weight excluding hydrogens is 486 g/mol. The Morgan fingerprint density at radius 3 is 2.70 bits per heavy atom. The van der Waals surface area contributed by atoms with E-state index in [0.717, 1.165) is 52.5 Å². The van der Waals surface area contributed by atoms with Gasteiger partial charge in [-0.3, -0.25) is 4.68 Å². The third kappa shape index (κ3) is 4.58. The number of anilines is 1. The van der Waals surface area contributed by atoms with Gasteiger partial charge in [0.2, 0.25) is 10.0 Å². The maximum Gasteiger partial charge on any atom is 0.211 e. The number of sulfonamides is 1. The van der Waals surface area contributed by atoms with Gasteiger partial charge >= 0.3 is 0 Å². The van der Waals surface area contributed by atoms with Crippen LogP contribution in [0.4, 0.5) is 5.82 Å². The highest BCUT2D eigenvalue weighted by Crippen LogP contribution is 2.37. The van der Waals surface area contributed by atoms with Crippen LogP contribution in [-0.2, 0) is 16.6 Å². The monoisotopic (exact) mass is 515 g/mol. The number of aromatic nitrogens is 5. The second kappa shape index (κ2) is 9.28. The molecule has 6 rings (SSSR count). The van der Waals surface area contributed by atoms with Crippen molar-refractivity contribution in [1.82, 2.24) is 28.7 Å². The predicted octanol–water partition coefficient (Wildman–Crippen LogP) is 3.91. The lowest BCUT2D eigenvalue weighted by Crippen LogP contribution is -2.30. The molecule has 5 aromatic rings. The van der Waals surface area contributed by atoms with Gasteiger partial charge in [-0.1, -0.05) is 42.5 Å². The largest absolute Gasteiger partial charge is 0.382 e. The number of nitrogen functional groups attached to an aromatic ring is 1. The summed E-state index contributed by atoms with van der Waals surface area (Å²) in [6.07, 6.45) is 7.22. The standard InChI is InChI=1S/C27H29N7O2S/c1-37(35,36)33-12-5-8-20(11-13-33)25-15-23(26-27(28)29-18-30-34(25)26)21-9-10-22-17-32(31-24(22)14-21)16-19-6-3-2-4-7-19/h2-4,6-7,9-10,14-15,17-18,20H,5,8,11-13,16H2,1H3,(H2,28,29,30). The fourth-order valence-corrected chi connectivity index (χ4v) is 6.28. The van der Waals surface area contributed by atoms with E-state index in [1.54, 1.807) is 4.31 Å². The number of fused-ring (bicyclic) bond motifs is 2. The van der Waals surface area contributed by atoms with Crippen LogP contribution in [0.5, 0.6) is 0 Å². The van der Waals surface area contributed by atoms with Crippen LogP contribution in [0, 0.1) is 0 Å². The van der Waals surface area contributed by atoms with Gasteiger partial charge in [0.1, 0.15) is 11.8 Å². The molecule has 0 bridgehead atoms. The fourth-order valence-electron chi connectivity index (χ4n) is 5.39. The summed E-state index contributed by atoms with van der Waals surface area (Å²) in [4.78, 5) is 4.27. The van der Waals surface area contributed by atoms with Crippen LogP contribution >= 0.6 is 0 Å². The zero-order valence-electron chi connectivity index (χ0n) is 20.7. The summed E-state index contributed by atoms with van der Waals surface area (Å²) in [7, 11) is -3.21. The van der Waals surface area contributed by atoms with Gasteiger partial charge in [0.05, 0.1) is 18.3 Å². The van der Waals surface area contributed by atoms with Gasteiger partial charge < -0.3 is 5.73 Å². The highest BCUT2D eigenvalue weighted by atomic mass is 32.2. The maximum absolute atomic E-state index is 12.1. The van der Waals surface area contributed by atoms with E-state index in [9.17, 15) is 8.42 Å². The first-order valence-electron chi connectivity index (χ1n) is 12.5. The number of nitrogens with two attached hydrogens (primary N) is 1. The number of rotatable bonds is 5. The van der Waals surface area contributed by atoms with Crippen molar-refractivity contribution in [2.75, 3.05) is 25.1 Å². The normalized spacial score (nSPS) is 17.4. The molecule has 1 aliphatic heterocycles. The molecule has 1 saturated heterocycles. The minimum atomic E-state index is -3.21. The van der Waals surface area contributed by atoms with Crippen LogP contribution in [0.2, 0.25) is 0 Å². The van der Waals surface area contributed by atoms with Crippen molar-refractivity contribution in [3.8, 4) is 11.1 Å². The topological polar surface area (TPSA) is 111 Å². The molecule has 9 nitrogen and oxygen atoms in total. The molecule has 1 unspecified atom stereocenters. The van der Waals surface area contributed by atoms with Crippen LogP contribution in [0.25, 0.3) is 27.5 Å². The quantitative estimate of drug-likeness (QED) is 0.380. The molecule has 190 valence electrons. The SMILES string of the molecule is CS(=O)(=O)N1CCCC(c2cc(-c3ccc4cn(Cc5ccccc5)nc4c3)c3c(N)ncnn23)CC1. The van der Waals surface area contributed by atoms with Crippen molar-refractivity contribution in [2.45, 2.75) is 31.7 Å². The van der Waals surface area contributed by atoms with Crippen LogP contribution in [0.15, 0.2) is 67.1 Å². The molecule has 4 heterocycles. The minimum Gasteiger partial charge on any atom is -0.382 e. The molecule has 2 aromatic carbocycles. The van der Waals surface area contributed by atoms with Gasteiger partial charge in [0.25, 0.3) is 0 Å². The summed E-state index contributed by atoms with van der Waals surface area (Å²) in [6, 6.07) is 18.7. The van der Waals surface area contributed by atoms with E-state index in [0.29, 0.717) is 25.5 Å². The van der Waals surface area contributed by atoms with E-state index in [1.165, 1.54) is 18.1 Å². The Morgan fingerprint density at radius 1 is 1.05 bits per heavy atom. The van der Waals surface area contributed by atoms with Gasteiger partial charge in [-0.15, -0.1) is 0 Å². The van der Waals surface area contributed by atoms with Gasteiger partial charge in [0, 0.05) is 41.8 Å². The van der Waals surface area contributed by atoms with Crippen molar-refractivity contribution in [3.63, 3.8) is 0 Å². The van der Waals surface area contributed by atoms with E-state index in [-0.39, 0.29) is 5.92 Å². The second-order valence-electron chi connectivity index (χ2n) is 9.76. The number of hydrogen-bond acceptors (Lipinski definition) is 6. The first kappa shape index (κ1) is 23.6. The minimum absolute atomic E-state index is 0.163. The highest BCUT2D eigenvalue weighted by Gasteiger charge is 2.27. The lowest BCUT2D eigenvalue weighted by molar-refractivity contribution is 0.425. The van der Waals surface area contributed by atoms with E-state index in [2.05, 4.69) is 52.7 Å². The van der Waals surface area contributed by atoms with Crippen molar-refractivity contribution >= 4 is 32.3 Å². The third-order valence-electron chi connectivity index (χ3n) is 7.24. The Morgan fingerprint density at radius 2 is 1.89 bits per heavy atom. The highest BCUT2D eigenvalue weighted by molar-refractivity contribution is 7.88. The molecule has 0 saturated carbocycles.